The quantitative estimate of drug-likeness (QED) is 0.490. The molecule has 0 saturated carbocycles. The Bertz CT molecular complexity index is 828. The molecular weight excluding hydrogens is 358 g/mol. The zero-order valence-electron chi connectivity index (χ0n) is 13.1. The second-order valence-electron chi connectivity index (χ2n) is 5.22. The van der Waals surface area contributed by atoms with Crippen molar-refractivity contribution in [2.75, 3.05) is 7.05 Å². The minimum atomic E-state index is -0.802. The van der Waals surface area contributed by atoms with Gasteiger partial charge >= 0.3 is 23.0 Å². The van der Waals surface area contributed by atoms with Crippen LogP contribution < -0.4 is 0 Å². The summed E-state index contributed by atoms with van der Waals surface area (Å²) in [6, 6.07) is 1.58. The molecule has 2 rings (SSSR count). The Morgan fingerprint density at radius 2 is 1.12 bits per heavy atom. The molecule has 26 heavy (non-hydrogen) atoms. The minimum Gasteiger partial charge on any atom is -0.358 e. The van der Waals surface area contributed by atoms with E-state index in [4.69, 9.17) is 0 Å². The van der Waals surface area contributed by atoms with E-state index in [1.165, 1.54) is 11.9 Å². The molecule has 0 unspecified atom stereocenters. The average Bonchev–Trinajstić information content (AvgIpc) is 3.11. The van der Waals surface area contributed by atoms with Crippen molar-refractivity contribution >= 4 is 23.0 Å². The summed E-state index contributed by atoms with van der Waals surface area (Å²) in [4.78, 5) is 41.7. The largest absolute Gasteiger partial charge is 0.358 e. The lowest BCUT2D eigenvalue weighted by Crippen LogP contribution is -2.25. The van der Waals surface area contributed by atoms with Gasteiger partial charge in [-0.2, -0.15) is 0 Å². The van der Waals surface area contributed by atoms with Crippen molar-refractivity contribution < 1.29 is 19.7 Å². The van der Waals surface area contributed by atoms with Crippen molar-refractivity contribution in [1.29, 1.82) is 0 Å². The molecule has 2 aromatic rings. The van der Waals surface area contributed by atoms with Crippen LogP contribution in [0.1, 0.15) is 0 Å². The summed E-state index contributed by atoms with van der Waals surface area (Å²) in [5, 5.41) is 43.5. The van der Waals surface area contributed by atoms with Gasteiger partial charge in [-0.15, -0.1) is 0 Å². The number of aromatic nitrogens is 2. The number of nitro groups is 4. The highest BCUT2D eigenvalue weighted by Gasteiger charge is 2.26. The van der Waals surface area contributed by atoms with E-state index >= 15 is 0 Å². The van der Waals surface area contributed by atoms with E-state index in [-0.39, 0.29) is 13.3 Å². The van der Waals surface area contributed by atoms with Crippen LogP contribution in [-0.4, -0.2) is 40.8 Å². The number of nitrogens with zero attached hydrogens (tertiary/aromatic N) is 7. The van der Waals surface area contributed by atoms with E-state index in [2.05, 4.69) is 0 Å². The van der Waals surface area contributed by atoms with Gasteiger partial charge in [0.05, 0.1) is 9.85 Å². The highest BCUT2D eigenvalue weighted by atomic mass is 16.6. The Balaban J connectivity index is 2.25. The van der Waals surface area contributed by atoms with Gasteiger partial charge in [-0.25, -0.2) is 14.0 Å². The Morgan fingerprint density at radius 1 is 0.769 bits per heavy atom. The highest BCUT2D eigenvalue weighted by Crippen LogP contribution is 2.25. The second-order valence-corrected chi connectivity index (χ2v) is 5.22. The van der Waals surface area contributed by atoms with E-state index < -0.39 is 42.7 Å². The van der Waals surface area contributed by atoms with Crippen molar-refractivity contribution in [3.8, 4) is 0 Å². The van der Waals surface area contributed by atoms with Crippen LogP contribution in [0.5, 0.6) is 0 Å². The monoisotopic (exact) mass is 369 g/mol. The molecule has 0 N–H and O–H groups in total. The molecule has 0 saturated heterocycles. The Hall–Kier alpha value is -3.88. The molecule has 2 aromatic heterocycles. The first-order valence-corrected chi connectivity index (χ1v) is 6.76. The fourth-order valence-electron chi connectivity index (χ4n) is 2.26. The van der Waals surface area contributed by atoms with Crippen molar-refractivity contribution in [2.45, 2.75) is 13.3 Å². The summed E-state index contributed by atoms with van der Waals surface area (Å²) in [6.07, 6.45) is 1.92. The zero-order valence-corrected chi connectivity index (χ0v) is 13.1. The van der Waals surface area contributed by atoms with E-state index in [1.54, 1.807) is 0 Å². The predicted octanol–water partition coefficient (Wildman–Crippen LogP) is 1.47. The molecular formula is C11H11N7O8. The molecule has 0 aliphatic rings. The predicted molar refractivity (Wildman–Crippen MR) is 83.2 cm³/mol. The van der Waals surface area contributed by atoms with Crippen LogP contribution in [0.2, 0.25) is 0 Å². The first kappa shape index (κ1) is 18.5. The van der Waals surface area contributed by atoms with Gasteiger partial charge < -0.3 is 20.2 Å². The molecule has 0 atom stereocenters. The van der Waals surface area contributed by atoms with Gasteiger partial charge in [0.2, 0.25) is 0 Å². The lowest BCUT2D eigenvalue weighted by atomic mass is 10.5. The van der Waals surface area contributed by atoms with Gasteiger partial charge in [-0.3, -0.25) is 20.2 Å². The molecule has 0 aromatic carbocycles. The molecule has 15 heteroatoms. The summed E-state index contributed by atoms with van der Waals surface area (Å²) in [6.45, 7) is -0.430. The van der Waals surface area contributed by atoms with Gasteiger partial charge in [-0.05, 0) is 16.9 Å². The van der Waals surface area contributed by atoms with Gasteiger partial charge in [0, 0.05) is 0 Å². The summed E-state index contributed by atoms with van der Waals surface area (Å²) >= 11 is 0. The van der Waals surface area contributed by atoms with Gasteiger partial charge in [0.1, 0.15) is 25.5 Å². The van der Waals surface area contributed by atoms with Crippen LogP contribution in [0.15, 0.2) is 24.5 Å². The standard InChI is InChI=1S/C11H11N7O8/c1-12(6-13-4-8(15(19)20)2-10(13)17(23)24)7-14-5-9(16(21)22)3-11(14)18(25)26/h2-5H,6-7H2,1H3. The zero-order chi connectivity index (χ0) is 19.6. The number of rotatable bonds is 8. The summed E-state index contributed by atoms with van der Waals surface area (Å²) in [5.74, 6) is -1.06. The van der Waals surface area contributed by atoms with E-state index in [0.29, 0.717) is 0 Å². The van der Waals surface area contributed by atoms with Gasteiger partial charge in [-0.1, -0.05) is 0 Å². The SMILES string of the molecule is CN(Cn1cc([N+](=O)[O-])cc1[N+](=O)[O-])Cn1cc([N+](=O)[O-])cc1[N+](=O)[O-]. The molecule has 15 nitrogen and oxygen atoms in total. The first-order valence-electron chi connectivity index (χ1n) is 6.76. The number of hydrogen-bond donors (Lipinski definition) is 0. The van der Waals surface area contributed by atoms with E-state index in [0.717, 1.165) is 33.7 Å². The topological polar surface area (TPSA) is 186 Å². The van der Waals surface area contributed by atoms with Crippen LogP contribution in [0.4, 0.5) is 23.0 Å². The molecule has 0 amide bonds. The Morgan fingerprint density at radius 3 is 1.38 bits per heavy atom. The third-order valence-corrected chi connectivity index (χ3v) is 3.30. The summed E-state index contributed by atoms with van der Waals surface area (Å²) in [5.41, 5.74) is -0.958. The van der Waals surface area contributed by atoms with Crippen LogP contribution >= 0.6 is 0 Å². The lowest BCUT2D eigenvalue weighted by molar-refractivity contribution is -0.395. The maximum absolute atomic E-state index is 11.0. The lowest BCUT2D eigenvalue weighted by Gasteiger charge is -2.13. The maximum atomic E-state index is 11.0. The summed E-state index contributed by atoms with van der Waals surface area (Å²) in [7, 11) is 1.44. The normalized spacial score (nSPS) is 10.8. The average molecular weight is 369 g/mol. The smallest absolute Gasteiger partial charge is 0.331 e. The maximum Gasteiger partial charge on any atom is 0.331 e. The fourth-order valence-corrected chi connectivity index (χ4v) is 2.26. The molecule has 0 bridgehead atoms. The molecule has 0 radical (unpaired) electrons. The van der Waals surface area contributed by atoms with Crippen LogP contribution in [0.3, 0.4) is 0 Å². The van der Waals surface area contributed by atoms with Crippen LogP contribution in [0, 0.1) is 40.5 Å². The summed E-state index contributed by atoms with van der Waals surface area (Å²) < 4.78 is 1.98. The van der Waals surface area contributed by atoms with Crippen LogP contribution in [-0.2, 0) is 13.3 Å². The highest BCUT2D eigenvalue weighted by molar-refractivity contribution is 5.40. The van der Waals surface area contributed by atoms with E-state index in [1.807, 2.05) is 0 Å². The molecule has 2 heterocycles. The Labute approximate surface area is 143 Å². The third kappa shape index (κ3) is 3.78. The molecule has 0 aliphatic heterocycles. The van der Waals surface area contributed by atoms with Gasteiger partial charge in [0.25, 0.3) is 0 Å². The Kier molecular flexibility index (Phi) is 4.92. The van der Waals surface area contributed by atoms with Gasteiger partial charge in [0.15, 0.2) is 12.4 Å². The van der Waals surface area contributed by atoms with Crippen molar-refractivity contribution in [1.82, 2.24) is 14.0 Å². The minimum absolute atomic E-state index is 0.215. The molecule has 0 spiro atoms. The molecule has 0 fully saturated rings. The van der Waals surface area contributed by atoms with Crippen molar-refractivity contribution in [3.05, 3.63) is 65.0 Å². The number of hydrogen-bond acceptors (Lipinski definition) is 9. The third-order valence-electron chi connectivity index (χ3n) is 3.30. The van der Waals surface area contributed by atoms with Crippen molar-refractivity contribution in [2.24, 2.45) is 0 Å². The van der Waals surface area contributed by atoms with Crippen LogP contribution in [0.25, 0.3) is 0 Å². The van der Waals surface area contributed by atoms with Crippen molar-refractivity contribution in [3.63, 3.8) is 0 Å². The molecule has 138 valence electrons. The van der Waals surface area contributed by atoms with E-state index in [9.17, 15) is 40.5 Å². The fraction of sp³-hybridized carbons (Fsp3) is 0.273. The second kappa shape index (κ2) is 6.93. The molecule has 0 aliphatic carbocycles. The first-order chi connectivity index (χ1) is 12.1.